The zero-order valence-electron chi connectivity index (χ0n) is 15.2. The number of nitrogens with zero attached hydrogens (tertiary/aromatic N) is 1. The van der Waals surface area contributed by atoms with Gasteiger partial charge in [0.2, 0.25) is 0 Å². The number of carboxylic acids is 1. The number of alkyl halides is 2. The Balaban J connectivity index is 1.86. The fraction of sp³-hybridized carbons (Fsp3) is 0.600. The lowest BCUT2D eigenvalue weighted by Gasteiger charge is -2.39. The van der Waals surface area contributed by atoms with Crippen LogP contribution in [0.4, 0.5) is 8.78 Å². The van der Waals surface area contributed by atoms with Crippen molar-refractivity contribution in [3.8, 4) is 17.6 Å². The molecule has 3 rings (SSSR count). The summed E-state index contributed by atoms with van der Waals surface area (Å²) in [6.07, 6.45) is 3.65. The normalized spacial score (nSPS) is 27.8. The van der Waals surface area contributed by atoms with E-state index < -0.39 is 23.4 Å². The molecule has 27 heavy (non-hydrogen) atoms. The second kappa shape index (κ2) is 7.34. The second-order valence-corrected chi connectivity index (χ2v) is 7.85. The lowest BCUT2D eigenvalue weighted by molar-refractivity contribution is -0.150. The van der Waals surface area contributed by atoms with Gasteiger partial charge in [-0.1, -0.05) is 6.07 Å². The Kier molecular flexibility index (Phi) is 5.27. The summed E-state index contributed by atoms with van der Waals surface area (Å²) in [4.78, 5) is 11.5. The molecule has 5 nitrogen and oxygen atoms in total. The SMILES string of the molecule is C[C@]1(C(=O)O)CC[C@@](C#N)(c2ccc(OC(F)F)c(OCC3CC3)c2)CC1. The number of hydrogen-bond acceptors (Lipinski definition) is 4. The number of nitriles is 1. The first kappa shape index (κ1) is 19.4. The van der Waals surface area contributed by atoms with Crippen LogP contribution in [0.15, 0.2) is 18.2 Å². The van der Waals surface area contributed by atoms with E-state index in [-0.39, 0.29) is 11.5 Å². The van der Waals surface area contributed by atoms with Crippen molar-refractivity contribution in [3.05, 3.63) is 23.8 Å². The van der Waals surface area contributed by atoms with E-state index in [1.807, 2.05) is 0 Å². The fourth-order valence-corrected chi connectivity index (χ4v) is 3.51. The van der Waals surface area contributed by atoms with Gasteiger partial charge < -0.3 is 14.6 Å². The fourth-order valence-electron chi connectivity index (χ4n) is 3.51. The molecule has 2 saturated carbocycles. The van der Waals surface area contributed by atoms with Gasteiger partial charge >= 0.3 is 12.6 Å². The van der Waals surface area contributed by atoms with Crippen molar-refractivity contribution in [1.82, 2.24) is 0 Å². The maximum Gasteiger partial charge on any atom is 0.387 e. The van der Waals surface area contributed by atoms with Gasteiger partial charge in [-0.2, -0.15) is 14.0 Å². The van der Waals surface area contributed by atoms with Gasteiger partial charge in [-0.15, -0.1) is 0 Å². The lowest BCUT2D eigenvalue weighted by Crippen LogP contribution is -2.39. The smallest absolute Gasteiger partial charge is 0.387 e. The minimum absolute atomic E-state index is 0.0475. The van der Waals surface area contributed by atoms with Crippen LogP contribution in [-0.2, 0) is 10.2 Å². The Hall–Kier alpha value is -2.36. The van der Waals surface area contributed by atoms with Gasteiger partial charge in [0.05, 0.1) is 23.5 Å². The largest absolute Gasteiger partial charge is 0.489 e. The summed E-state index contributed by atoms with van der Waals surface area (Å²) in [7, 11) is 0. The van der Waals surface area contributed by atoms with Crippen molar-refractivity contribution < 1.29 is 28.2 Å². The number of ether oxygens (including phenoxy) is 2. The van der Waals surface area contributed by atoms with Crippen LogP contribution in [0.5, 0.6) is 11.5 Å². The summed E-state index contributed by atoms with van der Waals surface area (Å²) in [5.41, 5.74) is -1.04. The predicted molar refractivity (Wildman–Crippen MR) is 92.8 cm³/mol. The van der Waals surface area contributed by atoms with E-state index >= 15 is 0 Å². The maximum absolute atomic E-state index is 12.7. The van der Waals surface area contributed by atoms with Gasteiger partial charge in [0.1, 0.15) is 0 Å². The number of carboxylic acid groups (broad SMARTS) is 1. The number of aliphatic carboxylic acids is 1. The molecule has 0 aliphatic heterocycles. The highest BCUT2D eigenvalue weighted by molar-refractivity contribution is 5.74. The third kappa shape index (κ3) is 4.15. The summed E-state index contributed by atoms with van der Waals surface area (Å²) in [5.74, 6) is -0.262. The van der Waals surface area contributed by atoms with E-state index in [0.717, 1.165) is 12.8 Å². The molecular formula is C20H23F2NO4. The first-order chi connectivity index (χ1) is 12.8. The molecule has 1 aromatic rings. The highest BCUT2D eigenvalue weighted by atomic mass is 19.3. The van der Waals surface area contributed by atoms with Crippen molar-refractivity contribution in [3.63, 3.8) is 0 Å². The third-order valence-electron chi connectivity index (χ3n) is 5.82. The zero-order chi connectivity index (χ0) is 19.7. The number of halogens is 2. The topological polar surface area (TPSA) is 79.5 Å². The van der Waals surface area contributed by atoms with E-state index in [0.29, 0.717) is 43.8 Å². The molecule has 0 radical (unpaired) electrons. The molecule has 7 heteroatoms. The first-order valence-corrected chi connectivity index (χ1v) is 9.15. The highest BCUT2D eigenvalue weighted by Crippen LogP contribution is 2.48. The van der Waals surface area contributed by atoms with Crippen LogP contribution in [0.25, 0.3) is 0 Å². The van der Waals surface area contributed by atoms with E-state index in [1.54, 1.807) is 19.1 Å². The average molecular weight is 379 g/mol. The van der Waals surface area contributed by atoms with Crippen LogP contribution in [-0.4, -0.2) is 24.3 Å². The summed E-state index contributed by atoms with van der Waals surface area (Å²) >= 11 is 0. The summed E-state index contributed by atoms with van der Waals surface area (Å²) in [6.45, 7) is -0.838. The minimum atomic E-state index is -2.96. The van der Waals surface area contributed by atoms with E-state index in [9.17, 15) is 23.9 Å². The van der Waals surface area contributed by atoms with E-state index in [4.69, 9.17) is 4.74 Å². The molecule has 0 saturated heterocycles. The molecule has 146 valence electrons. The first-order valence-electron chi connectivity index (χ1n) is 9.15. The Morgan fingerprint density at radius 2 is 1.96 bits per heavy atom. The molecule has 0 heterocycles. The Morgan fingerprint density at radius 1 is 1.30 bits per heavy atom. The summed E-state index contributed by atoms with van der Waals surface area (Å²) in [6, 6.07) is 6.96. The lowest BCUT2D eigenvalue weighted by atomic mass is 9.62. The number of hydrogen-bond donors (Lipinski definition) is 1. The number of carbonyl (C=O) groups is 1. The van der Waals surface area contributed by atoms with Crippen molar-refractivity contribution in [2.45, 2.75) is 57.5 Å². The van der Waals surface area contributed by atoms with E-state index in [2.05, 4.69) is 10.8 Å². The molecule has 0 amide bonds. The van der Waals surface area contributed by atoms with Crippen molar-refractivity contribution in [2.75, 3.05) is 6.61 Å². The van der Waals surface area contributed by atoms with Gasteiger partial charge in [0, 0.05) is 0 Å². The molecule has 2 aliphatic carbocycles. The van der Waals surface area contributed by atoms with Crippen LogP contribution in [0.2, 0.25) is 0 Å². The number of benzene rings is 1. The van der Waals surface area contributed by atoms with Crippen molar-refractivity contribution >= 4 is 5.97 Å². The molecule has 0 spiro atoms. The summed E-state index contributed by atoms with van der Waals surface area (Å²) in [5, 5.41) is 19.3. The van der Waals surface area contributed by atoms with Gasteiger partial charge in [-0.05, 0) is 69.1 Å². The average Bonchev–Trinajstić information content (AvgIpc) is 3.46. The Bertz CT molecular complexity index is 747. The highest BCUT2D eigenvalue weighted by Gasteiger charge is 2.45. The maximum atomic E-state index is 12.7. The Labute approximate surface area is 156 Å². The van der Waals surface area contributed by atoms with Crippen LogP contribution >= 0.6 is 0 Å². The molecule has 0 bridgehead atoms. The van der Waals surface area contributed by atoms with Gasteiger partial charge in [0.15, 0.2) is 11.5 Å². The molecule has 0 aromatic heterocycles. The molecule has 2 aliphatic rings. The quantitative estimate of drug-likeness (QED) is 0.754. The number of rotatable bonds is 7. The van der Waals surface area contributed by atoms with Crippen LogP contribution in [0.3, 0.4) is 0 Å². The van der Waals surface area contributed by atoms with Gasteiger partial charge in [-0.25, -0.2) is 0 Å². The van der Waals surface area contributed by atoms with Crippen LogP contribution in [0, 0.1) is 22.7 Å². The monoisotopic (exact) mass is 379 g/mol. The van der Waals surface area contributed by atoms with Crippen molar-refractivity contribution in [1.29, 1.82) is 5.26 Å². The van der Waals surface area contributed by atoms with Crippen LogP contribution < -0.4 is 9.47 Å². The Morgan fingerprint density at radius 3 is 2.48 bits per heavy atom. The van der Waals surface area contributed by atoms with Gasteiger partial charge in [-0.3, -0.25) is 4.79 Å². The predicted octanol–water partition coefficient (Wildman–Crippen LogP) is 4.50. The third-order valence-corrected chi connectivity index (χ3v) is 5.82. The zero-order valence-corrected chi connectivity index (χ0v) is 15.2. The van der Waals surface area contributed by atoms with E-state index in [1.165, 1.54) is 6.07 Å². The molecule has 0 atom stereocenters. The molecule has 1 N–H and O–H groups in total. The van der Waals surface area contributed by atoms with Crippen LogP contribution in [0.1, 0.15) is 51.0 Å². The molecule has 2 fully saturated rings. The van der Waals surface area contributed by atoms with Gasteiger partial charge in [0.25, 0.3) is 0 Å². The molecule has 1 aromatic carbocycles. The molecule has 0 unspecified atom stereocenters. The van der Waals surface area contributed by atoms with Crippen molar-refractivity contribution in [2.24, 2.45) is 11.3 Å². The molecular weight excluding hydrogens is 356 g/mol. The second-order valence-electron chi connectivity index (χ2n) is 7.85. The summed E-state index contributed by atoms with van der Waals surface area (Å²) < 4.78 is 35.6. The standard InChI is InChI=1S/C20H23F2NO4/c1-19(17(24)25)6-8-20(12-23,9-7-19)14-4-5-15(27-18(21)22)16(10-14)26-11-13-2-3-13/h4-5,10,13,18H,2-3,6-9,11H2,1H3,(H,24,25)/t19-,20+. The minimum Gasteiger partial charge on any atom is -0.489 e.